The van der Waals surface area contributed by atoms with Crippen molar-refractivity contribution in [3.05, 3.63) is 135 Å². The van der Waals surface area contributed by atoms with E-state index >= 15 is 0 Å². The highest BCUT2D eigenvalue weighted by molar-refractivity contribution is 14.1. The molecule has 0 saturated heterocycles. The summed E-state index contributed by atoms with van der Waals surface area (Å²) in [5.74, 6) is 0. The summed E-state index contributed by atoms with van der Waals surface area (Å²) in [4.78, 5) is 8.58. The Morgan fingerprint density at radius 3 is 1.70 bits per heavy atom. The second-order valence-electron chi connectivity index (χ2n) is 8.55. The Hall–Kier alpha value is -3.04. The zero-order valence-corrected chi connectivity index (χ0v) is 24.9. The highest BCUT2D eigenvalue weighted by atomic mass is 127. The van der Waals surface area contributed by atoms with Gasteiger partial charge in [-0.3, -0.25) is 4.98 Å². The lowest BCUT2D eigenvalue weighted by atomic mass is 9.81. The Morgan fingerprint density at radius 1 is 0.700 bits per heavy atom. The van der Waals surface area contributed by atoms with Gasteiger partial charge in [0.2, 0.25) is 0 Å². The molecule has 0 aliphatic rings. The smallest absolute Gasteiger partial charge is 0.423 e. The standard InChI is InChI=1S/C19H17N.C7H7ClIN.C6H7BO2.CH4/c1-2-15-13-19(17-11-7-4-8-12-17)20-14-18(15)16-9-5-3-6-10-16;1-2-5-3-7(8)10-4-6(5)9;8-7(9)6-4-2-1-3-5-6;/h3-14H,2H2,1H3;3-4H,2H2,1H3;1-5,8-9H;1H4. The number of hydrogen-bond acceptors (Lipinski definition) is 4. The highest BCUT2D eigenvalue weighted by Crippen LogP contribution is 2.27. The van der Waals surface area contributed by atoms with Crippen LogP contribution in [0.15, 0.2) is 116 Å². The average Bonchev–Trinajstić information content (AvgIpc) is 3.00. The van der Waals surface area contributed by atoms with Crippen LogP contribution in [-0.2, 0) is 12.8 Å². The first-order valence-corrected chi connectivity index (χ1v) is 14.2. The second kappa shape index (κ2) is 17.6. The summed E-state index contributed by atoms with van der Waals surface area (Å²) < 4.78 is 1.18. The first-order chi connectivity index (χ1) is 18.9. The normalized spacial score (nSPS) is 9.75. The number of hydrogen-bond donors (Lipinski definition) is 2. The maximum atomic E-state index is 8.58. The lowest BCUT2D eigenvalue weighted by Crippen LogP contribution is -2.29. The molecule has 0 amide bonds. The van der Waals surface area contributed by atoms with Crippen molar-refractivity contribution < 1.29 is 10.0 Å². The molecule has 0 spiro atoms. The van der Waals surface area contributed by atoms with Crippen molar-refractivity contribution >= 4 is 46.8 Å². The molecule has 3 aromatic carbocycles. The van der Waals surface area contributed by atoms with E-state index in [2.05, 4.69) is 88.9 Å². The monoisotopic (exact) mass is 664 g/mol. The van der Waals surface area contributed by atoms with E-state index in [1.54, 1.807) is 30.5 Å². The molecule has 5 rings (SSSR count). The Kier molecular flexibility index (Phi) is 14.6. The minimum absolute atomic E-state index is 0. The molecule has 206 valence electrons. The lowest BCUT2D eigenvalue weighted by Gasteiger charge is -2.10. The van der Waals surface area contributed by atoms with Crippen LogP contribution in [0.25, 0.3) is 22.4 Å². The average molecular weight is 665 g/mol. The van der Waals surface area contributed by atoms with Crippen LogP contribution in [0.2, 0.25) is 5.15 Å². The Balaban J connectivity index is 0.000000236. The molecule has 0 radical (unpaired) electrons. The first-order valence-electron chi connectivity index (χ1n) is 12.7. The van der Waals surface area contributed by atoms with E-state index in [0.29, 0.717) is 10.6 Å². The van der Waals surface area contributed by atoms with Crippen LogP contribution < -0.4 is 5.46 Å². The van der Waals surface area contributed by atoms with Gasteiger partial charge in [-0.05, 0) is 69.7 Å². The Bertz CT molecular complexity index is 1420. The van der Waals surface area contributed by atoms with Crippen LogP contribution in [0, 0.1) is 3.57 Å². The van der Waals surface area contributed by atoms with Crippen LogP contribution >= 0.6 is 34.2 Å². The van der Waals surface area contributed by atoms with E-state index < -0.39 is 7.12 Å². The number of pyridine rings is 2. The molecule has 2 aromatic heterocycles. The molecule has 2 heterocycles. The molecule has 7 heteroatoms. The number of rotatable bonds is 5. The van der Waals surface area contributed by atoms with E-state index in [-0.39, 0.29) is 7.43 Å². The topological polar surface area (TPSA) is 66.2 Å². The van der Waals surface area contributed by atoms with Gasteiger partial charge in [-0.25, -0.2) is 4.98 Å². The predicted molar refractivity (Wildman–Crippen MR) is 179 cm³/mol. The molecule has 0 atom stereocenters. The third kappa shape index (κ3) is 10.2. The fourth-order valence-electron chi connectivity index (χ4n) is 3.78. The fraction of sp³-hybridized carbons (Fsp3) is 0.152. The van der Waals surface area contributed by atoms with Gasteiger partial charge in [-0.1, -0.05) is 124 Å². The zero-order chi connectivity index (χ0) is 28.0. The van der Waals surface area contributed by atoms with Gasteiger partial charge >= 0.3 is 7.12 Å². The van der Waals surface area contributed by atoms with Gasteiger partial charge in [0.05, 0.1) is 5.69 Å². The molecule has 0 unspecified atom stereocenters. The molecule has 0 fully saturated rings. The quantitative estimate of drug-likeness (QED) is 0.114. The summed E-state index contributed by atoms with van der Waals surface area (Å²) in [6.45, 7) is 4.30. The molecule has 0 aliphatic heterocycles. The van der Waals surface area contributed by atoms with E-state index in [4.69, 9.17) is 21.6 Å². The van der Waals surface area contributed by atoms with Crippen molar-refractivity contribution in [3.63, 3.8) is 0 Å². The molecule has 2 N–H and O–H groups in total. The predicted octanol–water partition coefficient (Wildman–Crippen LogP) is 7.88. The van der Waals surface area contributed by atoms with Crippen molar-refractivity contribution in [2.75, 3.05) is 0 Å². The minimum Gasteiger partial charge on any atom is -0.423 e. The third-order valence-corrected chi connectivity index (χ3v) is 7.08. The minimum atomic E-state index is -1.34. The molecule has 40 heavy (non-hydrogen) atoms. The highest BCUT2D eigenvalue weighted by Gasteiger charge is 2.08. The van der Waals surface area contributed by atoms with E-state index in [1.807, 2.05) is 42.6 Å². The summed E-state index contributed by atoms with van der Waals surface area (Å²) in [6, 6.07) is 33.6. The summed E-state index contributed by atoms with van der Waals surface area (Å²) in [7, 11) is -1.34. The molecule has 0 saturated carbocycles. The van der Waals surface area contributed by atoms with Gasteiger partial charge in [-0.15, -0.1) is 0 Å². The van der Waals surface area contributed by atoms with Gasteiger partial charge in [-0.2, -0.15) is 0 Å². The second-order valence-corrected chi connectivity index (χ2v) is 10.1. The van der Waals surface area contributed by atoms with Crippen LogP contribution in [-0.4, -0.2) is 27.1 Å². The summed E-state index contributed by atoms with van der Waals surface area (Å²) in [5, 5.41) is 17.7. The number of halogens is 2. The summed E-state index contributed by atoms with van der Waals surface area (Å²) in [5.41, 5.74) is 7.80. The van der Waals surface area contributed by atoms with E-state index in [1.165, 1.54) is 31.4 Å². The fourth-order valence-corrected chi connectivity index (χ4v) is 4.64. The number of nitrogens with zero attached hydrogens (tertiary/aromatic N) is 2. The van der Waals surface area contributed by atoms with Crippen molar-refractivity contribution in [1.82, 2.24) is 9.97 Å². The van der Waals surface area contributed by atoms with Crippen LogP contribution in [0.3, 0.4) is 0 Å². The maximum Gasteiger partial charge on any atom is 0.488 e. The Labute approximate surface area is 257 Å². The largest absolute Gasteiger partial charge is 0.488 e. The van der Waals surface area contributed by atoms with Crippen molar-refractivity contribution in [3.8, 4) is 22.4 Å². The first kappa shape index (κ1) is 33.2. The van der Waals surface area contributed by atoms with Crippen LogP contribution in [0.1, 0.15) is 32.4 Å². The molecule has 0 bridgehead atoms. The molecular weight excluding hydrogens is 630 g/mol. The van der Waals surface area contributed by atoms with Gasteiger partial charge in [0.1, 0.15) is 5.15 Å². The van der Waals surface area contributed by atoms with Gasteiger partial charge in [0.25, 0.3) is 0 Å². The molecule has 4 nitrogen and oxygen atoms in total. The number of aromatic nitrogens is 2. The number of aryl methyl sites for hydroxylation is 2. The van der Waals surface area contributed by atoms with E-state index in [9.17, 15) is 0 Å². The van der Waals surface area contributed by atoms with Crippen LogP contribution in [0.5, 0.6) is 0 Å². The SMILES string of the molecule is C.CCc1cc(-c2ccccc2)ncc1-c1ccccc1.CCc1cc(Cl)ncc1I.OB(O)c1ccccc1. The van der Waals surface area contributed by atoms with Crippen molar-refractivity contribution in [1.29, 1.82) is 0 Å². The zero-order valence-electron chi connectivity index (χ0n) is 22.0. The molecule has 5 aromatic rings. The van der Waals surface area contributed by atoms with E-state index in [0.717, 1.165) is 18.5 Å². The third-order valence-electron chi connectivity index (χ3n) is 5.90. The molecular formula is C33H35BClIN2O2. The van der Waals surface area contributed by atoms with Gasteiger partial charge in [0.15, 0.2) is 0 Å². The Morgan fingerprint density at radius 2 is 1.23 bits per heavy atom. The van der Waals surface area contributed by atoms with Crippen molar-refractivity contribution in [2.24, 2.45) is 0 Å². The van der Waals surface area contributed by atoms with Gasteiger partial charge < -0.3 is 10.0 Å². The van der Waals surface area contributed by atoms with Crippen molar-refractivity contribution in [2.45, 2.75) is 34.1 Å². The summed E-state index contributed by atoms with van der Waals surface area (Å²) >= 11 is 7.94. The summed E-state index contributed by atoms with van der Waals surface area (Å²) in [6.07, 6.45) is 5.81. The van der Waals surface area contributed by atoms with Gasteiger partial charge in [0, 0.05) is 27.1 Å². The lowest BCUT2D eigenvalue weighted by molar-refractivity contribution is 0.426. The maximum absolute atomic E-state index is 8.58. The number of benzene rings is 3. The van der Waals surface area contributed by atoms with Crippen LogP contribution in [0.4, 0.5) is 0 Å². The molecule has 0 aliphatic carbocycles.